The third-order valence-electron chi connectivity index (χ3n) is 4.22. The van der Waals surface area contributed by atoms with Crippen LogP contribution < -0.4 is 5.32 Å². The van der Waals surface area contributed by atoms with Crippen LogP contribution in [0.15, 0.2) is 39.2 Å². The molecule has 0 radical (unpaired) electrons. The first-order valence-electron chi connectivity index (χ1n) is 8.03. The van der Waals surface area contributed by atoms with Gasteiger partial charge in [-0.2, -0.15) is 21.0 Å². The minimum absolute atomic E-state index is 0.0775. The van der Waals surface area contributed by atoms with E-state index in [4.69, 9.17) is 23.8 Å². The number of hydrogen-bond donors (Lipinski definition) is 2. The van der Waals surface area contributed by atoms with Gasteiger partial charge in [0.25, 0.3) is 0 Å². The topological polar surface area (TPSA) is 164 Å². The van der Waals surface area contributed by atoms with E-state index in [1.54, 1.807) is 6.07 Å². The second kappa shape index (κ2) is 7.59. The summed E-state index contributed by atoms with van der Waals surface area (Å²) >= 11 is 0. The summed E-state index contributed by atoms with van der Waals surface area (Å²) in [6.45, 7) is 14.6. The summed E-state index contributed by atoms with van der Waals surface area (Å²) in [7, 11) is 0. The van der Waals surface area contributed by atoms with E-state index in [1.165, 1.54) is 24.3 Å². The van der Waals surface area contributed by atoms with Gasteiger partial charge in [0.05, 0.1) is 30.6 Å². The molecule has 0 bridgehead atoms. The molecule has 1 aromatic carbocycles. The van der Waals surface area contributed by atoms with E-state index in [2.05, 4.69) is 25.0 Å². The van der Waals surface area contributed by atoms with Crippen LogP contribution in [0, 0.1) is 63.9 Å². The molecule has 0 saturated carbocycles. The number of fused-ring (bicyclic) bond motifs is 3. The van der Waals surface area contributed by atoms with Gasteiger partial charge in [0.1, 0.15) is 24.3 Å². The van der Waals surface area contributed by atoms with Crippen molar-refractivity contribution in [2.75, 3.05) is 0 Å². The third kappa shape index (κ3) is 3.02. The quantitative estimate of drug-likeness (QED) is 0.588. The first-order chi connectivity index (χ1) is 14.5. The fourth-order valence-electron chi connectivity index (χ4n) is 2.90. The van der Waals surface area contributed by atoms with Crippen molar-refractivity contribution in [3.63, 3.8) is 0 Å². The SMILES string of the molecule is [C-]#[N+]c1cc2c(cc1[N+]#[C-])C1NC(C#N)=C(C#N)N=C1C(N=C(C#N)C(=N)C#N)=C2. The number of nitrogens with one attached hydrogen (secondary N) is 2. The van der Waals surface area contributed by atoms with Crippen LogP contribution in [0.2, 0.25) is 0 Å². The molecule has 0 spiro atoms. The van der Waals surface area contributed by atoms with Crippen LogP contribution in [0.5, 0.6) is 0 Å². The number of allylic oxidation sites excluding steroid dienone is 2. The maximum absolute atomic E-state index is 9.34. The maximum atomic E-state index is 9.34. The molecule has 1 aromatic rings. The highest BCUT2D eigenvalue weighted by Gasteiger charge is 2.34. The summed E-state index contributed by atoms with van der Waals surface area (Å²) in [5, 5.41) is 47.3. The Hall–Kier alpha value is -5.55. The fraction of sp³-hybridized carbons (Fsp3) is 0.0500. The largest absolute Gasteiger partial charge is 0.362 e. The Labute approximate surface area is 170 Å². The molecule has 10 heteroatoms. The summed E-state index contributed by atoms with van der Waals surface area (Å²) in [6, 6.07) is 9.06. The molecular formula is C20H6N10. The zero-order chi connectivity index (χ0) is 21.8. The predicted molar refractivity (Wildman–Crippen MR) is 105 cm³/mol. The summed E-state index contributed by atoms with van der Waals surface area (Å²) in [5.41, 5.74) is 0.148. The monoisotopic (exact) mass is 386 g/mol. The van der Waals surface area contributed by atoms with Crippen molar-refractivity contribution in [1.82, 2.24) is 5.32 Å². The van der Waals surface area contributed by atoms with Crippen molar-refractivity contribution in [2.24, 2.45) is 9.98 Å². The maximum Gasteiger partial charge on any atom is 0.195 e. The predicted octanol–water partition coefficient (Wildman–Crippen LogP) is 2.99. The van der Waals surface area contributed by atoms with E-state index < -0.39 is 17.5 Å². The minimum Gasteiger partial charge on any atom is -0.362 e. The van der Waals surface area contributed by atoms with Crippen LogP contribution in [0.25, 0.3) is 15.8 Å². The van der Waals surface area contributed by atoms with Gasteiger partial charge in [0, 0.05) is 0 Å². The van der Waals surface area contributed by atoms with Crippen LogP contribution in [0.4, 0.5) is 11.4 Å². The normalized spacial score (nSPS) is 16.3. The van der Waals surface area contributed by atoms with E-state index in [-0.39, 0.29) is 34.2 Å². The number of rotatable bonds is 2. The van der Waals surface area contributed by atoms with E-state index in [0.29, 0.717) is 11.1 Å². The van der Waals surface area contributed by atoms with Gasteiger partial charge in [0.2, 0.25) is 0 Å². The average molecular weight is 386 g/mol. The molecule has 1 atom stereocenters. The number of aliphatic imine (C=N–C) groups is 2. The van der Waals surface area contributed by atoms with E-state index in [0.717, 1.165) is 0 Å². The molecule has 0 amide bonds. The molecule has 1 aliphatic carbocycles. The average Bonchev–Trinajstić information content (AvgIpc) is 2.79. The molecule has 10 nitrogen and oxygen atoms in total. The first-order valence-corrected chi connectivity index (χ1v) is 8.03. The molecular weight excluding hydrogens is 380 g/mol. The Bertz CT molecular complexity index is 1390. The van der Waals surface area contributed by atoms with Gasteiger partial charge < -0.3 is 5.32 Å². The van der Waals surface area contributed by atoms with E-state index >= 15 is 0 Å². The van der Waals surface area contributed by atoms with Gasteiger partial charge in [-0.3, -0.25) is 15.1 Å². The molecule has 1 heterocycles. The molecule has 3 rings (SSSR count). The Morgan fingerprint density at radius 1 is 1.10 bits per heavy atom. The Morgan fingerprint density at radius 2 is 1.80 bits per heavy atom. The highest BCUT2D eigenvalue weighted by atomic mass is 15.0. The van der Waals surface area contributed by atoms with Crippen molar-refractivity contribution in [3.8, 4) is 24.3 Å². The second-order valence-corrected chi connectivity index (χ2v) is 5.80. The molecule has 0 saturated heterocycles. The highest BCUT2D eigenvalue weighted by molar-refractivity contribution is 6.52. The molecule has 0 aromatic heterocycles. The van der Waals surface area contributed by atoms with Gasteiger partial charge in [-0.05, 0) is 17.2 Å². The lowest BCUT2D eigenvalue weighted by atomic mass is 9.87. The molecule has 1 unspecified atom stereocenters. The van der Waals surface area contributed by atoms with Gasteiger partial charge in [-0.1, -0.05) is 12.1 Å². The zero-order valence-corrected chi connectivity index (χ0v) is 14.9. The summed E-state index contributed by atoms with van der Waals surface area (Å²) in [4.78, 5) is 15.0. The number of benzene rings is 1. The van der Waals surface area contributed by atoms with Gasteiger partial charge in [-0.25, -0.2) is 9.98 Å². The lowest BCUT2D eigenvalue weighted by molar-refractivity contribution is 0.737. The molecule has 2 N–H and O–H groups in total. The molecule has 0 fully saturated rings. The van der Waals surface area contributed by atoms with Crippen molar-refractivity contribution >= 4 is 34.6 Å². The Balaban J connectivity index is 2.35. The molecule has 1 aliphatic heterocycles. The highest BCUT2D eigenvalue weighted by Crippen LogP contribution is 2.40. The number of nitriles is 4. The minimum atomic E-state index is -0.785. The number of hydrogen-bond acceptors (Lipinski definition) is 8. The third-order valence-corrected chi connectivity index (χ3v) is 4.22. The lowest BCUT2D eigenvalue weighted by Crippen LogP contribution is -2.35. The van der Waals surface area contributed by atoms with E-state index in [9.17, 15) is 15.8 Å². The Morgan fingerprint density at radius 3 is 2.37 bits per heavy atom. The first kappa shape index (κ1) is 19.2. The second-order valence-electron chi connectivity index (χ2n) is 5.80. The molecule has 2 aliphatic rings. The summed E-state index contributed by atoms with van der Waals surface area (Å²) in [5.74, 6) is 0. The van der Waals surface area contributed by atoms with Gasteiger partial charge >= 0.3 is 0 Å². The van der Waals surface area contributed by atoms with Crippen molar-refractivity contribution in [1.29, 1.82) is 26.5 Å². The van der Waals surface area contributed by atoms with Crippen LogP contribution >= 0.6 is 0 Å². The Kier molecular flexibility index (Phi) is 4.86. The lowest BCUT2D eigenvalue weighted by Gasteiger charge is -2.30. The van der Waals surface area contributed by atoms with Crippen LogP contribution in [0.1, 0.15) is 17.2 Å². The molecule has 30 heavy (non-hydrogen) atoms. The van der Waals surface area contributed by atoms with Crippen molar-refractivity contribution in [2.45, 2.75) is 6.04 Å². The smallest absolute Gasteiger partial charge is 0.195 e. The zero-order valence-electron chi connectivity index (χ0n) is 14.9. The molecule has 136 valence electrons. The van der Waals surface area contributed by atoms with Crippen molar-refractivity contribution < 1.29 is 0 Å². The van der Waals surface area contributed by atoms with Crippen LogP contribution in [-0.2, 0) is 0 Å². The standard InChI is InChI=1S/C20H6N10/c1-26-13-3-10-4-15(28-16(7-22)12(25)6-21)20-19(11(10)5-14(13)27-2)29-17(8-23)18(9-24)30-20/h3-5,19,25,29H. The van der Waals surface area contributed by atoms with E-state index in [1.807, 2.05) is 12.1 Å². The number of nitrogens with zero attached hydrogens (tertiary/aromatic N) is 8. The van der Waals surface area contributed by atoms with Gasteiger partial charge in [0.15, 0.2) is 34.2 Å². The summed E-state index contributed by atoms with van der Waals surface area (Å²) < 4.78 is 0. The summed E-state index contributed by atoms with van der Waals surface area (Å²) in [6.07, 6.45) is 1.49. The van der Waals surface area contributed by atoms with Gasteiger partial charge in [-0.15, -0.1) is 0 Å². The van der Waals surface area contributed by atoms with Crippen molar-refractivity contribution in [3.05, 3.63) is 63.2 Å². The van der Waals surface area contributed by atoms with Crippen LogP contribution in [0.3, 0.4) is 0 Å². The van der Waals surface area contributed by atoms with Crippen LogP contribution in [-0.4, -0.2) is 17.1 Å². The fourth-order valence-corrected chi connectivity index (χ4v) is 2.90.